The van der Waals surface area contributed by atoms with Crippen molar-refractivity contribution in [3.05, 3.63) is 28.5 Å². The van der Waals surface area contributed by atoms with Crippen LogP contribution in [0.2, 0.25) is 5.15 Å². The van der Waals surface area contributed by atoms with Crippen molar-refractivity contribution in [1.82, 2.24) is 10.3 Å². The van der Waals surface area contributed by atoms with E-state index in [2.05, 4.69) is 10.3 Å². The molecule has 1 aromatic heterocycles. The normalized spacial score (nSPS) is 11.9. The Hall–Kier alpha value is -1.62. The van der Waals surface area contributed by atoms with Crippen molar-refractivity contribution < 1.29 is 14.7 Å². The van der Waals surface area contributed by atoms with Gasteiger partial charge in [-0.25, -0.2) is 9.78 Å². The van der Waals surface area contributed by atoms with Crippen molar-refractivity contribution in [1.29, 1.82) is 0 Å². The zero-order chi connectivity index (χ0) is 14.4. The van der Waals surface area contributed by atoms with Crippen LogP contribution in [0, 0.1) is 0 Å². The highest BCUT2D eigenvalue weighted by Crippen LogP contribution is 2.12. The minimum Gasteiger partial charge on any atom is -0.480 e. The summed E-state index contributed by atoms with van der Waals surface area (Å²) in [4.78, 5) is 27.0. The van der Waals surface area contributed by atoms with E-state index in [1.165, 1.54) is 6.07 Å². The van der Waals surface area contributed by atoms with Gasteiger partial charge >= 0.3 is 5.97 Å². The van der Waals surface area contributed by atoms with Gasteiger partial charge in [0.05, 0.1) is 0 Å². The lowest BCUT2D eigenvalue weighted by Gasteiger charge is -2.12. The van der Waals surface area contributed by atoms with Crippen LogP contribution >= 0.6 is 11.6 Å². The van der Waals surface area contributed by atoms with Gasteiger partial charge in [-0.1, -0.05) is 31.9 Å². The molecule has 0 spiro atoms. The Morgan fingerprint density at radius 2 is 2.11 bits per heavy atom. The van der Waals surface area contributed by atoms with Crippen molar-refractivity contribution in [2.24, 2.45) is 0 Å². The van der Waals surface area contributed by atoms with Gasteiger partial charge in [-0.05, 0) is 25.0 Å². The molecule has 1 amide bonds. The van der Waals surface area contributed by atoms with Crippen LogP contribution in [-0.2, 0) is 11.2 Å². The van der Waals surface area contributed by atoms with Crippen molar-refractivity contribution in [3.63, 3.8) is 0 Å². The van der Waals surface area contributed by atoms with Crippen molar-refractivity contribution in [3.8, 4) is 0 Å². The van der Waals surface area contributed by atoms with E-state index in [0.717, 1.165) is 18.5 Å². The summed E-state index contributed by atoms with van der Waals surface area (Å²) in [6.45, 7) is 3.70. The maximum absolute atomic E-state index is 12.0. The van der Waals surface area contributed by atoms with Gasteiger partial charge in [0, 0.05) is 11.3 Å². The molecule has 0 saturated heterocycles. The molecule has 0 aliphatic heterocycles. The summed E-state index contributed by atoms with van der Waals surface area (Å²) < 4.78 is 0. The number of aryl methyl sites for hydroxylation is 1. The number of carbonyl (C=O) groups is 2. The number of carbonyl (C=O) groups excluding carboxylic acids is 1. The third-order valence-corrected chi connectivity index (χ3v) is 2.82. The standard InChI is InChI=1S/C13H17ClN2O3/c1-3-5-9-6-8(7-11(14)15-9)12(17)16-10(4-2)13(18)19/h6-7,10H,3-5H2,1-2H3,(H,16,17)(H,18,19)/t10-/m0/s1. The van der Waals surface area contributed by atoms with Crippen molar-refractivity contribution in [2.45, 2.75) is 39.2 Å². The summed E-state index contributed by atoms with van der Waals surface area (Å²) in [5, 5.41) is 11.6. The smallest absolute Gasteiger partial charge is 0.326 e. The first-order valence-corrected chi connectivity index (χ1v) is 6.55. The van der Waals surface area contributed by atoms with Gasteiger partial charge in [0.1, 0.15) is 11.2 Å². The number of nitrogens with one attached hydrogen (secondary N) is 1. The maximum atomic E-state index is 12.0. The van der Waals surface area contributed by atoms with Gasteiger partial charge in [0.25, 0.3) is 5.91 Å². The van der Waals surface area contributed by atoms with E-state index in [9.17, 15) is 9.59 Å². The molecule has 0 saturated carbocycles. The summed E-state index contributed by atoms with van der Waals surface area (Å²) in [7, 11) is 0. The molecule has 0 bridgehead atoms. The molecule has 2 N–H and O–H groups in total. The van der Waals surface area contributed by atoms with E-state index in [4.69, 9.17) is 16.7 Å². The third-order valence-electron chi connectivity index (χ3n) is 2.63. The summed E-state index contributed by atoms with van der Waals surface area (Å²) in [6, 6.07) is 2.18. The molecule has 104 valence electrons. The number of halogens is 1. The molecule has 6 heteroatoms. The number of pyridine rings is 1. The fourth-order valence-electron chi connectivity index (χ4n) is 1.65. The molecule has 0 unspecified atom stereocenters. The quantitative estimate of drug-likeness (QED) is 0.786. The Balaban J connectivity index is 2.89. The summed E-state index contributed by atoms with van der Waals surface area (Å²) >= 11 is 5.86. The Bertz CT molecular complexity index is 477. The molecule has 1 heterocycles. The first kappa shape index (κ1) is 15.4. The Labute approximate surface area is 117 Å². The second-order valence-corrected chi connectivity index (χ2v) is 4.58. The van der Waals surface area contributed by atoms with Crippen molar-refractivity contribution in [2.75, 3.05) is 0 Å². The van der Waals surface area contributed by atoms with Crippen LogP contribution in [-0.4, -0.2) is 28.0 Å². The SMILES string of the molecule is CCCc1cc(C(=O)N[C@@H](CC)C(=O)O)cc(Cl)n1. The molecule has 0 aliphatic rings. The van der Waals surface area contributed by atoms with Gasteiger partial charge < -0.3 is 10.4 Å². The monoisotopic (exact) mass is 284 g/mol. The second-order valence-electron chi connectivity index (χ2n) is 4.19. The van der Waals surface area contributed by atoms with E-state index in [1.807, 2.05) is 6.92 Å². The molecule has 0 radical (unpaired) electrons. The second kappa shape index (κ2) is 7.09. The van der Waals surface area contributed by atoms with E-state index >= 15 is 0 Å². The molecule has 1 atom stereocenters. The predicted molar refractivity (Wildman–Crippen MR) is 72.4 cm³/mol. The minimum atomic E-state index is -1.05. The molecule has 1 rings (SSSR count). The number of nitrogens with zero attached hydrogens (tertiary/aromatic N) is 1. The highest BCUT2D eigenvalue weighted by Gasteiger charge is 2.19. The highest BCUT2D eigenvalue weighted by atomic mass is 35.5. The van der Waals surface area contributed by atoms with Gasteiger partial charge in [0.2, 0.25) is 0 Å². The van der Waals surface area contributed by atoms with Crippen LogP contribution in [0.1, 0.15) is 42.7 Å². The number of carboxylic acid groups (broad SMARTS) is 1. The van der Waals surface area contributed by atoms with Crippen LogP contribution in [0.15, 0.2) is 12.1 Å². The van der Waals surface area contributed by atoms with Crippen LogP contribution < -0.4 is 5.32 Å². The maximum Gasteiger partial charge on any atom is 0.326 e. The molecule has 1 aromatic rings. The fraction of sp³-hybridized carbons (Fsp3) is 0.462. The van der Waals surface area contributed by atoms with Gasteiger partial charge in [-0.2, -0.15) is 0 Å². The van der Waals surface area contributed by atoms with E-state index in [-0.39, 0.29) is 5.15 Å². The molecule has 0 aliphatic carbocycles. The zero-order valence-electron chi connectivity index (χ0n) is 10.9. The van der Waals surface area contributed by atoms with Gasteiger partial charge in [-0.15, -0.1) is 0 Å². The largest absolute Gasteiger partial charge is 0.480 e. The van der Waals surface area contributed by atoms with E-state index < -0.39 is 17.9 Å². The van der Waals surface area contributed by atoms with E-state index in [1.54, 1.807) is 13.0 Å². The number of hydrogen-bond acceptors (Lipinski definition) is 3. The molecule has 19 heavy (non-hydrogen) atoms. The first-order chi connectivity index (χ1) is 8.97. The average Bonchev–Trinajstić information content (AvgIpc) is 2.34. The summed E-state index contributed by atoms with van der Waals surface area (Å²) in [6.07, 6.45) is 1.93. The lowest BCUT2D eigenvalue weighted by molar-refractivity contribution is -0.139. The molecular weight excluding hydrogens is 268 g/mol. The summed E-state index contributed by atoms with van der Waals surface area (Å²) in [5.41, 5.74) is 1.06. The highest BCUT2D eigenvalue weighted by molar-refractivity contribution is 6.29. The molecule has 5 nitrogen and oxygen atoms in total. The van der Waals surface area contributed by atoms with Gasteiger partial charge in [0.15, 0.2) is 0 Å². The predicted octanol–water partition coefficient (Wildman–Crippen LogP) is 2.28. The molecule has 0 fully saturated rings. The lowest BCUT2D eigenvalue weighted by Crippen LogP contribution is -2.40. The summed E-state index contributed by atoms with van der Waals surface area (Å²) in [5.74, 6) is -1.50. The Kier molecular flexibility index (Phi) is 5.76. The van der Waals surface area contributed by atoms with Crippen LogP contribution in [0.25, 0.3) is 0 Å². The van der Waals surface area contributed by atoms with Crippen LogP contribution in [0.3, 0.4) is 0 Å². The Morgan fingerprint density at radius 1 is 1.42 bits per heavy atom. The number of rotatable bonds is 6. The van der Waals surface area contributed by atoms with Crippen molar-refractivity contribution >= 4 is 23.5 Å². The van der Waals surface area contributed by atoms with Crippen LogP contribution in [0.5, 0.6) is 0 Å². The van der Waals surface area contributed by atoms with E-state index in [0.29, 0.717) is 12.0 Å². The van der Waals surface area contributed by atoms with Crippen LogP contribution in [0.4, 0.5) is 0 Å². The first-order valence-electron chi connectivity index (χ1n) is 6.18. The zero-order valence-corrected chi connectivity index (χ0v) is 11.7. The number of aliphatic carboxylic acids is 1. The minimum absolute atomic E-state index is 0.236. The third kappa shape index (κ3) is 4.52. The average molecular weight is 285 g/mol. The Morgan fingerprint density at radius 3 is 2.63 bits per heavy atom. The number of hydrogen-bond donors (Lipinski definition) is 2. The molecule has 0 aromatic carbocycles. The number of amides is 1. The lowest BCUT2D eigenvalue weighted by atomic mass is 10.1. The fourth-order valence-corrected chi connectivity index (χ4v) is 1.87. The number of aromatic nitrogens is 1. The van der Waals surface area contributed by atoms with Gasteiger partial charge in [-0.3, -0.25) is 4.79 Å². The topological polar surface area (TPSA) is 79.3 Å². The number of carboxylic acids is 1. The molecular formula is C13H17ClN2O3.